The summed E-state index contributed by atoms with van der Waals surface area (Å²) < 4.78 is 27.7. The van der Waals surface area contributed by atoms with Crippen molar-refractivity contribution in [3.8, 4) is 0 Å². The SMILES string of the molecule is Cc1ccc(S(=O)(=O)Nc2cccc(C(=O)NCCCN3CCN(C)CC3)c2)cc1. The zero-order chi connectivity index (χ0) is 21.6. The van der Waals surface area contributed by atoms with E-state index in [1.54, 1.807) is 48.5 Å². The third kappa shape index (κ3) is 6.29. The van der Waals surface area contributed by atoms with Gasteiger partial charge in [0.25, 0.3) is 15.9 Å². The minimum Gasteiger partial charge on any atom is -0.352 e. The fourth-order valence-electron chi connectivity index (χ4n) is 3.33. The number of aryl methyl sites for hydroxylation is 1. The number of hydrogen-bond donors (Lipinski definition) is 2. The van der Waals surface area contributed by atoms with Crippen molar-refractivity contribution in [1.29, 1.82) is 0 Å². The first-order valence-corrected chi connectivity index (χ1v) is 11.7. The van der Waals surface area contributed by atoms with Crippen LogP contribution in [-0.2, 0) is 10.0 Å². The van der Waals surface area contributed by atoms with Crippen molar-refractivity contribution in [2.45, 2.75) is 18.2 Å². The Labute approximate surface area is 179 Å². The average molecular weight is 431 g/mol. The lowest BCUT2D eigenvalue weighted by molar-refractivity contribution is 0.0949. The third-order valence-corrected chi connectivity index (χ3v) is 6.64. The molecule has 7 nitrogen and oxygen atoms in total. The van der Waals surface area contributed by atoms with Crippen molar-refractivity contribution in [1.82, 2.24) is 15.1 Å². The molecule has 0 saturated carbocycles. The molecule has 2 aromatic carbocycles. The minimum atomic E-state index is -3.70. The molecule has 0 spiro atoms. The van der Waals surface area contributed by atoms with E-state index in [-0.39, 0.29) is 10.8 Å². The number of amides is 1. The maximum absolute atomic E-state index is 12.6. The van der Waals surface area contributed by atoms with Crippen molar-refractivity contribution in [2.75, 3.05) is 51.0 Å². The Bertz CT molecular complexity index is 953. The average Bonchev–Trinajstić information content (AvgIpc) is 2.72. The van der Waals surface area contributed by atoms with E-state index >= 15 is 0 Å². The molecule has 0 aliphatic carbocycles. The first-order chi connectivity index (χ1) is 14.3. The maximum Gasteiger partial charge on any atom is 0.261 e. The second-order valence-electron chi connectivity index (χ2n) is 7.75. The van der Waals surface area contributed by atoms with E-state index in [4.69, 9.17) is 0 Å². The predicted molar refractivity (Wildman–Crippen MR) is 119 cm³/mol. The van der Waals surface area contributed by atoms with Crippen molar-refractivity contribution in [3.05, 3.63) is 59.7 Å². The highest BCUT2D eigenvalue weighted by Crippen LogP contribution is 2.18. The van der Waals surface area contributed by atoms with Crippen LogP contribution in [0.25, 0.3) is 0 Å². The Morgan fingerprint density at radius 3 is 2.43 bits per heavy atom. The van der Waals surface area contributed by atoms with Gasteiger partial charge in [0, 0.05) is 44.0 Å². The molecule has 8 heteroatoms. The zero-order valence-electron chi connectivity index (χ0n) is 17.6. The minimum absolute atomic E-state index is 0.187. The Morgan fingerprint density at radius 2 is 1.73 bits per heavy atom. The number of hydrogen-bond acceptors (Lipinski definition) is 5. The molecule has 1 aliphatic rings. The fourth-order valence-corrected chi connectivity index (χ4v) is 4.38. The number of nitrogens with zero attached hydrogens (tertiary/aromatic N) is 2. The van der Waals surface area contributed by atoms with Gasteiger partial charge < -0.3 is 15.1 Å². The number of sulfonamides is 1. The van der Waals surface area contributed by atoms with Crippen LogP contribution < -0.4 is 10.0 Å². The molecule has 1 aliphatic heterocycles. The highest BCUT2D eigenvalue weighted by molar-refractivity contribution is 7.92. The monoisotopic (exact) mass is 430 g/mol. The van der Waals surface area contributed by atoms with Crippen molar-refractivity contribution in [3.63, 3.8) is 0 Å². The Hall–Kier alpha value is -2.42. The van der Waals surface area contributed by atoms with Crippen molar-refractivity contribution in [2.24, 2.45) is 0 Å². The second kappa shape index (κ2) is 10.1. The lowest BCUT2D eigenvalue weighted by Crippen LogP contribution is -2.45. The van der Waals surface area contributed by atoms with Crippen LogP contribution in [0.4, 0.5) is 5.69 Å². The topological polar surface area (TPSA) is 81.7 Å². The molecule has 0 radical (unpaired) electrons. The zero-order valence-corrected chi connectivity index (χ0v) is 18.4. The molecule has 1 fully saturated rings. The van der Waals surface area contributed by atoms with Crippen LogP contribution in [0.15, 0.2) is 53.4 Å². The molecular formula is C22H30N4O3S. The second-order valence-corrected chi connectivity index (χ2v) is 9.44. The van der Waals surface area contributed by atoms with Gasteiger partial charge in [-0.25, -0.2) is 8.42 Å². The molecule has 162 valence electrons. The molecule has 3 rings (SSSR count). The summed E-state index contributed by atoms with van der Waals surface area (Å²) in [4.78, 5) is 17.4. The van der Waals surface area contributed by atoms with Gasteiger partial charge in [0.2, 0.25) is 0 Å². The predicted octanol–water partition coefficient (Wildman–Crippen LogP) is 2.16. The molecule has 0 bridgehead atoms. The number of rotatable bonds is 8. The Balaban J connectivity index is 1.51. The van der Waals surface area contributed by atoms with E-state index in [9.17, 15) is 13.2 Å². The number of carbonyl (C=O) groups is 1. The number of piperazine rings is 1. The summed E-state index contributed by atoms with van der Waals surface area (Å²) in [6, 6.07) is 13.2. The molecule has 30 heavy (non-hydrogen) atoms. The number of nitrogens with one attached hydrogen (secondary N) is 2. The highest BCUT2D eigenvalue weighted by atomic mass is 32.2. The van der Waals surface area contributed by atoms with Gasteiger partial charge in [0.1, 0.15) is 0 Å². The van der Waals surface area contributed by atoms with E-state index in [0.29, 0.717) is 17.8 Å². The van der Waals surface area contributed by atoms with Crippen LogP contribution >= 0.6 is 0 Å². The fraction of sp³-hybridized carbons (Fsp3) is 0.409. The normalized spacial score (nSPS) is 15.7. The van der Waals surface area contributed by atoms with Gasteiger partial charge in [-0.05, 0) is 57.3 Å². The smallest absolute Gasteiger partial charge is 0.261 e. The van der Waals surface area contributed by atoms with Gasteiger partial charge in [-0.2, -0.15) is 0 Å². The van der Waals surface area contributed by atoms with Crippen molar-refractivity contribution >= 4 is 21.6 Å². The maximum atomic E-state index is 12.6. The largest absolute Gasteiger partial charge is 0.352 e. The van der Waals surface area contributed by atoms with E-state index in [1.807, 2.05) is 6.92 Å². The lowest BCUT2D eigenvalue weighted by Gasteiger charge is -2.32. The van der Waals surface area contributed by atoms with Crippen LogP contribution in [-0.4, -0.2) is 70.4 Å². The highest BCUT2D eigenvalue weighted by Gasteiger charge is 2.16. The Kier molecular flexibility index (Phi) is 7.47. The molecule has 1 amide bonds. The number of benzene rings is 2. The molecule has 0 aromatic heterocycles. The van der Waals surface area contributed by atoms with Gasteiger partial charge in [0.15, 0.2) is 0 Å². The summed E-state index contributed by atoms with van der Waals surface area (Å²) in [5.41, 5.74) is 1.78. The van der Waals surface area contributed by atoms with E-state index in [0.717, 1.165) is 44.7 Å². The van der Waals surface area contributed by atoms with Crippen LogP contribution in [0.3, 0.4) is 0 Å². The summed E-state index contributed by atoms with van der Waals surface area (Å²) in [6.07, 6.45) is 0.884. The number of anilines is 1. The van der Waals surface area contributed by atoms with E-state index in [2.05, 4.69) is 26.9 Å². The molecular weight excluding hydrogens is 400 g/mol. The van der Waals surface area contributed by atoms with Crippen LogP contribution in [0, 0.1) is 6.92 Å². The molecule has 0 unspecified atom stereocenters. The number of likely N-dealkylation sites (N-methyl/N-ethyl adjacent to an activating group) is 1. The summed E-state index contributed by atoms with van der Waals surface area (Å²) in [6.45, 7) is 7.74. The van der Waals surface area contributed by atoms with Gasteiger partial charge in [0.05, 0.1) is 4.90 Å². The van der Waals surface area contributed by atoms with Crippen LogP contribution in [0.2, 0.25) is 0 Å². The van der Waals surface area contributed by atoms with E-state index in [1.165, 1.54) is 0 Å². The standard InChI is InChI=1S/C22H30N4O3S/c1-18-7-9-21(10-8-18)30(28,29)24-20-6-3-5-19(17-20)22(27)23-11-4-12-26-15-13-25(2)14-16-26/h3,5-10,17,24H,4,11-16H2,1-2H3,(H,23,27). The van der Waals surface area contributed by atoms with Crippen molar-refractivity contribution < 1.29 is 13.2 Å². The van der Waals surface area contributed by atoms with E-state index < -0.39 is 10.0 Å². The van der Waals surface area contributed by atoms with Crippen LogP contribution in [0.1, 0.15) is 22.3 Å². The molecule has 2 aromatic rings. The van der Waals surface area contributed by atoms with Gasteiger partial charge >= 0.3 is 0 Å². The first kappa shape index (κ1) is 22.3. The molecule has 2 N–H and O–H groups in total. The molecule has 1 heterocycles. The molecule has 0 atom stereocenters. The molecule has 1 saturated heterocycles. The Morgan fingerprint density at radius 1 is 1.03 bits per heavy atom. The lowest BCUT2D eigenvalue weighted by atomic mass is 10.2. The quantitative estimate of drug-likeness (QED) is 0.628. The number of carbonyl (C=O) groups excluding carboxylic acids is 1. The van der Waals surface area contributed by atoms with Gasteiger partial charge in [-0.3, -0.25) is 9.52 Å². The summed E-state index contributed by atoms with van der Waals surface area (Å²) in [5.74, 6) is -0.204. The summed E-state index contributed by atoms with van der Waals surface area (Å²) in [7, 11) is -1.57. The first-order valence-electron chi connectivity index (χ1n) is 10.2. The van der Waals surface area contributed by atoms with Crippen LogP contribution in [0.5, 0.6) is 0 Å². The van der Waals surface area contributed by atoms with Gasteiger partial charge in [-0.1, -0.05) is 23.8 Å². The summed E-state index contributed by atoms with van der Waals surface area (Å²) in [5, 5.41) is 2.92. The summed E-state index contributed by atoms with van der Waals surface area (Å²) >= 11 is 0. The third-order valence-electron chi connectivity index (χ3n) is 5.24. The van der Waals surface area contributed by atoms with Gasteiger partial charge in [-0.15, -0.1) is 0 Å².